The van der Waals surface area contributed by atoms with Crippen molar-refractivity contribution < 1.29 is 5.11 Å². The maximum atomic E-state index is 10.1. The molecule has 0 saturated heterocycles. The van der Waals surface area contributed by atoms with Crippen LogP contribution in [0.4, 0.5) is 11.9 Å². The van der Waals surface area contributed by atoms with Crippen LogP contribution < -0.4 is 5.32 Å². The van der Waals surface area contributed by atoms with Crippen LogP contribution in [0.3, 0.4) is 0 Å². The maximum absolute atomic E-state index is 10.1. The molecule has 132 valence electrons. The summed E-state index contributed by atoms with van der Waals surface area (Å²) in [6, 6.07) is 16.6. The molecule has 0 amide bonds. The lowest BCUT2D eigenvalue weighted by Crippen LogP contribution is -2.04. The van der Waals surface area contributed by atoms with Crippen molar-refractivity contribution in [3.8, 4) is 17.1 Å². The third kappa shape index (κ3) is 3.93. The Balaban J connectivity index is 1.74. The molecule has 2 aromatic heterocycles. The van der Waals surface area contributed by atoms with Crippen molar-refractivity contribution in [2.75, 3.05) is 5.32 Å². The second kappa shape index (κ2) is 7.40. The molecule has 0 radical (unpaired) electrons. The topological polar surface area (TPSA) is 125 Å². The monoisotopic (exact) mass is 358 g/mol. The van der Waals surface area contributed by atoms with Gasteiger partial charge >= 0.3 is 0 Å². The molecule has 0 unspecified atom stereocenters. The molecule has 3 N–H and O–H groups in total. The van der Waals surface area contributed by atoms with Gasteiger partial charge in [0.05, 0.1) is 5.56 Å². The quantitative estimate of drug-likeness (QED) is 0.497. The number of tetrazole rings is 1. The van der Waals surface area contributed by atoms with Gasteiger partial charge in [0.25, 0.3) is 5.95 Å². The lowest BCUT2D eigenvalue weighted by atomic mass is 10.2. The zero-order chi connectivity index (χ0) is 18.5. The van der Waals surface area contributed by atoms with Gasteiger partial charge in [0.15, 0.2) is 11.6 Å². The minimum atomic E-state index is 0.0761. The molecule has 4 rings (SSSR count). The fraction of sp³-hybridized carbons (Fsp3) is 0. The Morgan fingerprint density at radius 1 is 0.852 bits per heavy atom. The van der Waals surface area contributed by atoms with Crippen LogP contribution in [0.25, 0.3) is 23.5 Å². The smallest absolute Gasteiger partial charge is 0.269 e. The summed E-state index contributed by atoms with van der Waals surface area (Å²) in [4.78, 5) is 13.1. The summed E-state index contributed by atoms with van der Waals surface area (Å²) < 4.78 is 0. The van der Waals surface area contributed by atoms with E-state index < -0.39 is 0 Å². The first-order chi connectivity index (χ1) is 13.3. The van der Waals surface area contributed by atoms with Crippen LogP contribution in [0.1, 0.15) is 11.4 Å². The van der Waals surface area contributed by atoms with Crippen molar-refractivity contribution >= 4 is 24.0 Å². The lowest BCUT2D eigenvalue weighted by molar-refractivity contribution is 0.477. The van der Waals surface area contributed by atoms with E-state index in [1.807, 2.05) is 36.4 Å². The maximum Gasteiger partial charge on any atom is 0.269 e. The lowest BCUT2D eigenvalue weighted by Gasteiger charge is -2.06. The number of nitrogens with one attached hydrogen (secondary N) is 2. The summed E-state index contributed by atoms with van der Waals surface area (Å²) in [6.45, 7) is 0. The number of para-hydroxylation sites is 1. The van der Waals surface area contributed by atoms with Gasteiger partial charge in [-0.2, -0.15) is 15.2 Å². The van der Waals surface area contributed by atoms with Crippen LogP contribution in [0.5, 0.6) is 5.75 Å². The molecule has 2 aromatic carbocycles. The molecule has 0 aliphatic heterocycles. The fourth-order valence-electron chi connectivity index (χ4n) is 2.36. The predicted octanol–water partition coefficient (Wildman–Crippen LogP) is 2.67. The van der Waals surface area contributed by atoms with Gasteiger partial charge < -0.3 is 5.11 Å². The zero-order valence-corrected chi connectivity index (χ0v) is 14.0. The SMILES string of the molecule is Oc1ccccc1-c1nc(/C=C/c2ccccc2)nc(Nc2nn[nH]n2)n1. The minimum absolute atomic E-state index is 0.0761. The van der Waals surface area contributed by atoms with Crippen LogP contribution in [0, 0.1) is 0 Å². The molecule has 0 aliphatic rings. The summed E-state index contributed by atoms with van der Waals surface area (Å²) in [7, 11) is 0. The largest absolute Gasteiger partial charge is 0.507 e. The number of phenolic OH excluding ortho intramolecular Hbond substituents is 1. The second-order valence-corrected chi connectivity index (χ2v) is 5.46. The Morgan fingerprint density at radius 2 is 1.67 bits per heavy atom. The first-order valence-electron chi connectivity index (χ1n) is 8.06. The minimum Gasteiger partial charge on any atom is -0.507 e. The first kappa shape index (κ1) is 16.3. The van der Waals surface area contributed by atoms with Crippen LogP contribution >= 0.6 is 0 Å². The molecule has 9 heteroatoms. The Morgan fingerprint density at radius 3 is 2.44 bits per heavy atom. The van der Waals surface area contributed by atoms with Gasteiger partial charge in [-0.15, -0.1) is 5.10 Å². The summed E-state index contributed by atoms with van der Waals surface area (Å²) in [6.07, 6.45) is 3.66. The normalized spacial score (nSPS) is 11.0. The average Bonchev–Trinajstić information content (AvgIpc) is 3.20. The number of anilines is 2. The number of rotatable bonds is 5. The predicted molar refractivity (Wildman–Crippen MR) is 99.8 cm³/mol. The molecule has 0 aliphatic carbocycles. The van der Waals surface area contributed by atoms with E-state index in [9.17, 15) is 5.11 Å². The van der Waals surface area contributed by atoms with E-state index in [0.29, 0.717) is 17.2 Å². The number of aromatic nitrogens is 7. The van der Waals surface area contributed by atoms with Gasteiger partial charge in [0, 0.05) is 0 Å². The van der Waals surface area contributed by atoms with E-state index in [2.05, 4.69) is 40.9 Å². The van der Waals surface area contributed by atoms with Crippen molar-refractivity contribution in [3.05, 3.63) is 66.0 Å². The number of benzene rings is 2. The van der Waals surface area contributed by atoms with Crippen molar-refractivity contribution in [1.82, 2.24) is 35.6 Å². The van der Waals surface area contributed by atoms with Crippen molar-refractivity contribution in [1.29, 1.82) is 0 Å². The van der Waals surface area contributed by atoms with Gasteiger partial charge in [-0.05, 0) is 29.0 Å². The van der Waals surface area contributed by atoms with E-state index in [1.54, 1.807) is 30.3 Å². The zero-order valence-electron chi connectivity index (χ0n) is 14.0. The van der Waals surface area contributed by atoms with E-state index >= 15 is 0 Å². The Kier molecular flexibility index (Phi) is 4.48. The second-order valence-electron chi connectivity index (χ2n) is 5.46. The summed E-state index contributed by atoms with van der Waals surface area (Å²) in [5.74, 6) is 1.27. The number of hydrogen-bond acceptors (Lipinski definition) is 8. The third-order valence-electron chi connectivity index (χ3n) is 3.59. The number of hydrogen-bond donors (Lipinski definition) is 3. The standard InChI is InChI=1S/C18H14N8O/c27-14-9-5-4-8-13(14)16-19-15(11-10-12-6-2-1-3-7-12)20-17(21-16)22-18-23-25-26-24-18/h1-11,27H,(H2,19,20,21,22,23,24,25,26)/b11-10+. The average molecular weight is 358 g/mol. The molecule has 0 atom stereocenters. The number of nitrogens with zero attached hydrogens (tertiary/aromatic N) is 6. The highest BCUT2D eigenvalue weighted by Gasteiger charge is 2.12. The van der Waals surface area contributed by atoms with Crippen molar-refractivity contribution in [3.63, 3.8) is 0 Å². The van der Waals surface area contributed by atoms with Crippen LogP contribution in [-0.2, 0) is 0 Å². The molecule has 27 heavy (non-hydrogen) atoms. The molecule has 0 saturated carbocycles. The summed E-state index contributed by atoms with van der Waals surface area (Å²) in [5.41, 5.74) is 1.50. The van der Waals surface area contributed by atoms with E-state index in [-0.39, 0.29) is 17.6 Å². The summed E-state index contributed by atoms with van der Waals surface area (Å²) >= 11 is 0. The number of aromatic hydroxyl groups is 1. The Labute approximate surface area is 153 Å². The van der Waals surface area contributed by atoms with Crippen molar-refractivity contribution in [2.24, 2.45) is 0 Å². The first-order valence-corrected chi connectivity index (χ1v) is 8.06. The highest BCUT2D eigenvalue weighted by Crippen LogP contribution is 2.26. The Hall–Kier alpha value is -4.14. The molecule has 9 nitrogen and oxygen atoms in total. The van der Waals surface area contributed by atoms with Gasteiger partial charge in [-0.25, -0.2) is 4.98 Å². The Bertz CT molecular complexity index is 1060. The van der Waals surface area contributed by atoms with Crippen LogP contribution in [-0.4, -0.2) is 40.7 Å². The molecular weight excluding hydrogens is 344 g/mol. The fourth-order valence-corrected chi connectivity index (χ4v) is 2.36. The molecule has 0 spiro atoms. The van der Waals surface area contributed by atoms with Crippen LogP contribution in [0.2, 0.25) is 0 Å². The molecular formula is C18H14N8O. The molecule has 0 fully saturated rings. The van der Waals surface area contributed by atoms with E-state index in [1.165, 1.54) is 0 Å². The van der Waals surface area contributed by atoms with Crippen molar-refractivity contribution in [2.45, 2.75) is 0 Å². The van der Waals surface area contributed by atoms with Gasteiger partial charge in [-0.3, -0.25) is 5.32 Å². The molecule has 2 heterocycles. The molecule has 0 bridgehead atoms. The molecule has 4 aromatic rings. The van der Waals surface area contributed by atoms with Crippen LogP contribution in [0.15, 0.2) is 54.6 Å². The number of H-pyrrole nitrogens is 1. The summed E-state index contributed by atoms with van der Waals surface area (Å²) in [5, 5.41) is 26.5. The highest BCUT2D eigenvalue weighted by molar-refractivity contribution is 5.70. The van der Waals surface area contributed by atoms with Gasteiger partial charge in [-0.1, -0.05) is 53.6 Å². The van der Waals surface area contributed by atoms with Gasteiger partial charge in [0.1, 0.15) is 5.75 Å². The number of phenols is 1. The van der Waals surface area contributed by atoms with E-state index in [4.69, 9.17) is 0 Å². The van der Waals surface area contributed by atoms with Gasteiger partial charge in [0.2, 0.25) is 5.95 Å². The number of aromatic amines is 1. The highest BCUT2D eigenvalue weighted by atomic mass is 16.3. The third-order valence-corrected chi connectivity index (χ3v) is 3.59. The van der Waals surface area contributed by atoms with E-state index in [0.717, 1.165) is 5.56 Å².